The van der Waals surface area contributed by atoms with E-state index in [1.165, 1.54) is 6.07 Å². The van der Waals surface area contributed by atoms with E-state index in [1.807, 2.05) is 11.8 Å². The Kier molecular flexibility index (Phi) is 3.71. The number of nitrogens with zero attached hydrogens (tertiary/aromatic N) is 3. The summed E-state index contributed by atoms with van der Waals surface area (Å²) in [7, 11) is 1.70. The zero-order valence-corrected chi connectivity index (χ0v) is 11.5. The smallest absolute Gasteiger partial charge is 0.354 e. The van der Waals surface area contributed by atoms with Crippen LogP contribution in [0, 0.1) is 6.92 Å². The fourth-order valence-electron chi connectivity index (χ4n) is 2.35. The molecule has 1 N–H and O–H groups in total. The summed E-state index contributed by atoms with van der Waals surface area (Å²) < 4.78 is 5.52. The third-order valence-electron chi connectivity index (χ3n) is 3.50. The van der Waals surface area contributed by atoms with Gasteiger partial charge in [-0.1, -0.05) is 0 Å². The van der Waals surface area contributed by atoms with Crippen LogP contribution in [0.4, 0.5) is 5.95 Å². The number of carboxylic acid groups (broad SMARTS) is 1. The van der Waals surface area contributed by atoms with Crippen LogP contribution in [0.5, 0.6) is 0 Å². The van der Waals surface area contributed by atoms with Gasteiger partial charge in [0.05, 0.1) is 5.60 Å². The summed E-state index contributed by atoms with van der Waals surface area (Å²) >= 11 is 0. The molecule has 1 aromatic heterocycles. The van der Waals surface area contributed by atoms with Crippen LogP contribution in [0.2, 0.25) is 0 Å². The van der Waals surface area contributed by atoms with Gasteiger partial charge in [-0.05, 0) is 32.8 Å². The van der Waals surface area contributed by atoms with Crippen molar-refractivity contribution in [2.45, 2.75) is 32.3 Å². The van der Waals surface area contributed by atoms with Gasteiger partial charge in [0.25, 0.3) is 0 Å². The zero-order valence-electron chi connectivity index (χ0n) is 11.5. The van der Waals surface area contributed by atoms with Gasteiger partial charge in [-0.25, -0.2) is 14.8 Å². The second-order valence-corrected chi connectivity index (χ2v) is 5.18. The lowest BCUT2D eigenvalue weighted by molar-refractivity contribution is -0.00499. The van der Waals surface area contributed by atoms with E-state index in [9.17, 15) is 4.79 Å². The Morgan fingerprint density at radius 1 is 1.53 bits per heavy atom. The SMILES string of the molecule is COC1(C)CCCN(c2nc(C)cc(C(=O)O)n2)C1. The molecule has 0 radical (unpaired) electrons. The fourth-order valence-corrected chi connectivity index (χ4v) is 2.35. The average molecular weight is 265 g/mol. The number of rotatable bonds is 3. The third-order valence-corrected chi connectivity index (χ3v) is 3.50. The van der Waals surface area contributed by atoms with E-state index in [-0.39, 0.29) is 11.3 Å². The highest BCUT2D eigenvalue weighted by Crippen LogP contribution is 2.26. The topological polar surface area (TPSA) is 75.5 Å². The maximum atomic E-state index is 11.0. The van der Waals surface area contributed by atoms with E-state index in [1.54, 1.807) is 14.0 Å². The predicted molar refractivity (Wildman–Crippen MR) is 70.6 cm³/mol. The molecule has 0 aromatic carbocycles. The number of anilines is 1. The van der Waals surface area contributed by atoms with Crippen LogP contribution in [-0.4, -0.2) is 46.8 Å². The van der Waals surface area contributed by atoms with Gasteiger partial charge in [-0.3, -0.25) is 0 Å². The quantitative estimate of drug-likeness (QED) is 0.892. The molecule has 6 nitrogen and oxygen atoms in total. The van der Waals surface area contributed by atoms with Crippen LogP contribution in [0.1, 0.15) is 35.9 Å². The molecule has 1 aliphatic heterocycles. The maximum Gasteiger partial charge on any atom is 0.354 e. The molecule has 1 aromatic rings. The molecule has 2 rings (SSSR count). The lowest BCUT2D eigenvalue weighted by Gasteiger charge is -2.39. The Bertz CT molecular complexity index is 492. The van der Waals surface area contributed by atoms with Gasteiger partial charge < -0.3 is 14.7 Å². The van der Waals surface area contributed by atoms with Crippen LogP contribution < -0.4 is 4.90 Å². The van der Waals surface area contributed by atoms with Crippen LogP contribution in [-0.2, 0) is 4.74 Å². The molecule has 0 spiro atoms. The highest BCUT2D eigenvalue weighted by atomic mass is 16.5. The van der Waals surface area contributed by atoms with Crippen molar-refractivity contribution in [1.29, 1.82) is 0 Å². The molecule has 1 saturated heterocycles. The molecule has 2 heterocycles. The van der Waals surface area contributed by atoms with Crippen molar-refractivity contribution in [3.8, 4) is 0 Å². The van der Waals surface area contributed by atoms with E-state index in [2.05, 4.69) is 9.97 Å². The van der Waals surface area contributed by atoms with Gasteiger partial charge in [0.2, 0.25) is 5.95 Å². The van der Waals surface area contributed by atoms with Crippen molar-refractivity contribution in [3.05, 3.63) is 17.5 Å². The van der Waals surface area contributed by atoms with Crippen LogP contribution in [0.25, 0.3) is 0 Å². The van der Waals surface area contributed by atoms with Gasteiger partial charge in [0.15, 0.2) is 5.69 Å². The molecule has 6 heteroatoms. The van der Waals surface area contributed by atoms with Crippen molar-refractivity contribution >= 4 is 11.9 Å². The zero-order chi connectivity index (χ0) is 14.0. The van der Waals surface area contributed by atoms with Crippen molar-refractivity contribution in [1.82, 2.24) is 9.97 Å². The number of aromatic nitrogens is 2. The van der Waals surface area contributed by atoms with Gasteiger partial charge in [-0.2, -0.15) is 0 Å². The number of methoxy groups -OCH3 is 1. The lowest BCUT2D eigenvalue weighted by atomic mass is 9.95. The molecular weight excluding hydrogens is 246 g/mol. The molecule has 104 valence electrons. The molecule has 0 aliphatic carbocycles. The van der Waals surface area contributed by atoms with E-state index < -0.39 is 5.97 Å². The molecule has 1 fully saturated rings. The fraction of sp³-hybridized carbons (Fsp3) is 0.615. The third kappa shape index (κ3) is 3.01. The second kappa shape index (κ2) is 5.13. The average Bonchev–Trinajstić information content (AvgIpc) is 2.38. The lowest BCUT2D eigenvalue weighted by Crippen LogP contribution is -2.48. The van der Waals surface area contributed by atoms with Gasteiger partial charge >= 0.3 is 5.97 Å². The van der Waals surface area contributed by atoms with Crippen molar-refractivity contribution in [2.75, 3.05) is 25.1 Å². The van der Waals surface area contributed by atoms with Crippen molar-refractivity contribution in [3.63, 3.8) is 0 Å². The summed E-state index contributed by atoms with van der Waals surface area (Å²) in [6.45, 7) is 5.32. The molecule has 1 aliphatic rings. The minimum atomic E-state index is -1.03. The van der Waals surface area contributed by atoms with Gasteiger partial charge in [0, 0.05) is 25.9 Å². The van der Waals surface area contributed by atoms with Crippen LogP contribution in [0.15, 0.2) is 6.07 Å². The largest absolute Gasteiger partial charge is 0.477 e. The number of ether oxygens (including phenoxy) is 1. The predicted octanol–water partition coefficient (Wildman–Crippen LogP) is 1.49. The molecule has 19 heavy (non-hydrogen) atoms. The monoisotopic (exact) mass is 265 g/mol. The Balaban J connectivity index is 2.28. The summed E-state index contributed by atoms with van der Waals surface area (Å²) in [4.78, 5) is 21.5. The maximum absolute atomic E-state index is 11.0. The molecular formula is C13H19N3O3. The summed E-state index contributed by atoms with van der Waals surface area (Å²) in [5, 5.41) is 9.05. The second-order valence-electron chi connectivity index (χ2n) is 5.18. The minimum absolute atomic E-state index is 0.0344. The number of hydrogen-bond donors (Lipinski definition) is 1. The van der Waals surface area contributed by atoms with E-state index >= 15 is 0 Å². The first-order valence-electron chi connectivity index (χ1n) is 6.33. The van der Waals surface area contributed by atoms with E-state index in [0.717, 1.165) is 19.4 Å². The highest BCUT2D eigenvalue weighted by Gasteiger charge is 2.32. The first-order chi connectivity index (χ1) is 8.93. The first kappa shape index (κ1) is 13.7. The number of aromatic carboxylic acids is 1. The molecule has 0 amide bonds. The summed E-state index contributed by atoms with van der Waals surface area (Å²) in [5.74, 6) is -0.557. The van der Waals surface area contributed by atoms with E-state index in [4.69, 9.17) is 9.84 Å². The Morgan fingerprint density at radius 3 is 2.89 bits per heavy atom. The van der Waals surface area contributed by atoms with Gasteiger partial charge in [0.1, 0.15) is 0 Å². The van der Waals surface area contributed by atoms with E-state index in [0.29, 0.717) is 18.2 Å². The number of carboxylic acids is 1. The minimum Gasteiger partial charge on any atom is -0.477 e. The summed E-state index contributed by atoms with van der Waals surface area (Å²) in [6.07, 6.45) is 1.96. The van der Waals surface area contributed by atoms with Crippen LogP contribution >= 0.6 is 0 Å². The molecule has 0 bridgehead atoms. The summed E-state index contributed by atoms with van der Waals surface area (Å²) in [5.41, 5.74) is 0.466. The molecule has 1 atom stereocenters. The Hall–Kier alpha value is -1.69. The number of aryl methyl sites for hydroxylation is 1. The number of carbonyl (C=O) groups is 1. The summed E-state index contributed by atoms with van der Waals surface area (Å²) in [6, 6.07) is 1.48. The van der Waals surface area contributed by atoms with Crippen LogP contribution in [0.3, 0.4) is 0 Å². The highest BCUT2D eigenvalue weighted by molar-refractivity contribution is 5.85. The van der Waals surface area contributed by atoms with Gasteiger partial charge in [-0.15, -0.1) is 0 Å². The Labute approximate surface area is 112 Å². The number of piperidine rings is 1. The normalized spacial score (nSPS) is 23.4. The van der Waals surface area contributed by atoms with Crippen molar-refractivity contribution in [2.24, 2.45) is 0 Å². The van der Waals surface area contributed by atoms with Crippen molar-refractivity contribution < 1.29 is 14.6 Å². The molecule has 0 saturated carbocycles. The number of hydrogen-bond acceptors (Lipinski definition) is 5. The first-order valence-corrected chi connectivity index (χ1v) is 6.33. The molecule has 1 unspecified atom stereocenters. The standard InChI is InChI=1S/C13H19N3O3/c1-9-7-10(11(17)18)15-12(14-9)16-6-4-5-13(2,8-16)19-3/h7H,4-6,8H2,1-3H3,(H,17,18). The Morgan fingerprint density at radius 2 is 2.26 bits per heavy atom.